The maximum absolute atomic E-state index is 6.14. The van der Waals surface area contributed by atoms with E-state index < -0.39 is 0 Å². The van der Waals surface area contributed by atoms with Crippen LogP contribution >= 0.6 is 11.3 Å². The Labute approximate surface area is 152 Å². The van der Waals surface area contributed by atoms with E-state index in [1.165, 1.54) is 0 Å². The van der Waals surface area contributed by atoms with Crippen LogP contribution in [0.4, 0.5) is 5.82 Å². The molecule has 7 heteroatoms. The average molecular weight is 361 g/mol. The number of H-pyrrole nitrogens is 1. The smallest absolute Gasteiger partial charge is 0.177 e. The first-order chi connectivity index (χ1) is 12.6. The number of aromatic amines is 1. The maximum atomic E-state index is 6.14. The number of thiophene rings is 1. The predicted octanol–water partition coefficient (Wildman–Crippen LogP) is 4.69. The van der Waals surface area contributed by atoms with E-state index in [1.807, 2.05) is 32.2 Å². The van der Waals surface area contributed by atoms with Crippen LogP contribution in [0.3, 0.4) is 0 Å². The Morgan fingerprint density at radius 3 is 2.85 bits per heavy atom. The van der Waals surface area contributed by atoms with Crippen LogP contribution in [0.15, 0.2) is 40.5 Å². The van der Waals surface area contributed by atoms with Gasteiger partial charge in [0, 0.05) is 57.1 Å². The fourth-order valence-corrected chi connectivity index (χ4v) is 4.31. The summed E-state index contributed by atoms with van der Waals surface area (Å²) in [5.74, 6) is 1.16. The van der Waals surface area contributed by atoms with E-state index in [0.29, 0.717) is 11.4 Å². The SMILES string of the molecule is Cc1n[nH]c(C)c1-c1cnc(N)c2oc(-c3csc4cnccc34)cc12. The van der Waals surface area contributed by atoms with Crippen molar-refractivity contribution in [2.45, 2.75) is 13.8 Å². The highest BCUT2D eigenvalue weighted by Crippen LogP contribution is 2.41. The first-order valence-electron chi connectivity index (χ1n) is 8.15. The minimum atomic E-state index is 0.384. The van der Waals surface area contributed by atoms with Gasteiger partial charge in [0.1, 0.15) is 5.76 Å². The third-order valence-corrected chi connectivity index (χ3v) is 5.56. The van der Waals surface area contributed by atoms with E-state index in [2.05, 4.69) is 25.5 Å². The van der Waals surface area contributed by atoms with E-state index >= 15 is 0 Å². The van der Waals surface area contributed by atoms with Crippen molar-refractivity contribution in [1.29, 1.82) is 0 Å². The molecule has 0 atom stereocenters. The monoisotopic (exact) mass is 361 g/mol. The lowest BCUT2D eigenvalue weighted by Gasteiger charge is -2.03. The van der Waals surface area contributed by atoms with Crippen LogP contribution in [0.1, 0.15) is 11.4 Å². The molecule has 0 aromatic carbocycles. The molecule has 0 bridgehead atoms. The summed E-state index contributed by atoms with van der Waals surface area (Å²) in [4.78, 5) is 8.52. The lowest BCUT2D eigenvalue weighted by atomic mass is 10.0. The van der Waals surface area contributed by atoms with Crippen molar-refractivity contribution in [3.05, 3.63) is 47.5 Å². The lowest BCUT2D eigenvalue weighted by Crippen LogP contribution is -1.92. The summed E-state index contributed by atoms with van der Waals surface area (Å²) >= 11 is 1.65. The number of anilines is 1. The van der Waals surface area contributed by atoms with Gasteiger partial charge in [-0.05, 0) is 26.0 Å². The highest BCUT2D eigenvalue weighted by atomic mass is 32.1. The molecule has 0 spiro atoms. The van der Waals surface area contributed by atoms with E-state index in [0.717, 1.165) is 49.3 Å². The van der Waals surface area contributed by atoms with Crippen molar-refractivity contribution in [1.82, 2.24) is 20.2 Å². The molecule has 26 heavy (non-hydrogen) atoms. The number of pyridine rings is 2. The molecule has 0 unspecified atom stereocenters. The third kappa shape index (κ3) is 2.07. The second-order valence-corrected chi connectivity index (χ2v) is 7.15. The number of nitrogen functional groups attached to an aromatic ring is 1. The van der Waals surface area contributed by atoms with Crippen LogP contribution in [0, 0.1) is 13.8 Å². The summed E-state index contributed by atoms with van der Waals surface area (Å²) in [5, 5.41) is 11.5. The van der Waals surface area contributed by atoms with Gasteiger partial charge in [0.05, 0.1) is 10.4 Å². The molecule has 5 rings (SSSR count). The van der Waals surface area contributed by atoms with Crippen LogP contribution in [-0.4, -0.2) is 20.2 Å². The quantitative estimate of drug-likeness (QED) is 0.475. The third-order valence-electron chi connectivity index (χ3n) is 4.63. The Kier molecular flexibility index (Phi) is 3.14. The summed E-state index contributed by atoms with van der Waals surface area (Å²) in [6.07, 6.45) is 5.45. The first-order valence-corrected chi connectivity index (χ1v) is 9.03. The number of nitrogens with zero attached hydrogens (tertiary/aromatic N) is 3. The molecule has 0 aliphatic heterocycles. The fraction of sp³-hybridized carbons (Fsp3) is 0.105. The molecule has 0 aliphatic rings. The van der Waals surface area contributed by atoms with Crippen molar-refractivity contribution in [2.75, 3.05) is 5.73 Å². The maximum Gasteiger partial charge on any atom is 0.177 e. The van der Waals surface area contributed by atoms with Gasteiger partial charge in [0.15, 0.2) is 11.4 Å². The van der Waals surface area contributed by atoms with Crippen molar-refractivity contribution in [3.8, 4) is 22.5 Å². The molecule has 0 radical (unpaired) electrons. The van der Waals surface area contributed by atoms with Gasteiger partial charge < -0.3 is 10.2 Å². The normalized spacial score (nSPS) is 11.6. The van der Waals surface area contributed by atoms with Gasteiger partial charge in [-0.1, -0.05) is 0 Å². The number of nitrogens with one attached hydrogen (secondary N) is 1. The molecule has 6 nitrogen and oxygen atoms in total. The molecule has 3 N–H and O–H groups in total. The standard InChI is InChI=1S/C19H15N5OS/c1-9-17(10(2)24-23-9)13-6-22-19(20)18-12(13)5-15(25-18)14-8-26-16-7-21-4-3-11(14)16/h3-8H,1-2H3,(H2,20,22)(H,23,24). The number of rotatable bonds is 2. The van der Waals surface area contributed by atoms with Crippen LogP contribution in [0.25, 0.3) is 43.5 Å². The Bertz CT molecular complexity index is 1260. The second kappa shape index (κ2) is 5.40. The highest BCUT2D eigenvalue weighted by molar-refractivity contribution is 7.17. The fourth-order valence-electron chi connectivity index (χ4n) is 3.40. The molecule has 5 aromatic rings. The van der Waals surface area contributed by atoms with E-state index in [4.69, 9.17) is 10.2 Å². The Balaban J connectivity index is 1.80. The molecular formula is C19H15N5OS. The zero-order chi connectivity index (χ0) is 17.8. The van der Waals surface area contributed by atoms with Gasteiger partial charge in [-0.2, -0.15) is 5.10 Å². The zero-order valence-corrected chi connectivity index (χ0v) is 15.0. The summed E-state index contributed by atoms with van der Waals surface area (Å²) in [5.41, 5.74) is 11.7. The number of fused-ring (bicyclic) bond motifs is 2. The molecular weight excluding hydrogens is 346 g/mol. The number of aromatic nitrogens is 4. The van der Waals surface area contributed by atoms with Crippen LogP contribution in [-0.2, 0) is 0 Å². The predicted molar refractivity (Wildman–Crippen MR) is 104 cm³/mol. The Morgan fingerprint density at radius 2 is 2.04 bits per heavy atom. The number of nitrogens with two attached hydrogens (primary N) is 1. The number of hydrogen-bond donors (Lipinski definition) is 2. The molecule has 0 fully saturated rings. The van der Waals surface area contributed by atoms with Crippen LogP contribution in [0.5, 0.6) is 0 Å². The topological polar surface area (TPSA) is 93.6 Å². The van der Waals surface area contributed by atoms with E-state index in [-0.39, 0.29) is 0 Å². The lowest BCUT2D eigenvalue weighted by molar-refractivity contribution is 0.632. The Hall–Kier alpha value is -3.19. The highest BCUT2D eigenvalue weighted by Gasteiger charge is 2.19. The Morgan fingerprint density at radius 1 is 1.15 bits per heavy atom. The largest absolute Gasteiger partial charge is 0.452 e. The molecule has 5 aromatic heterocycles. The molecule has 0 aliphatic carbocycles. The molecule has 0 saturated carbocycles. The number of hydrogen-bond acceptors (Lipinski definition) is 6. The summed E-state index contributed by atoms with van der Waals surface area (Å²) < 4.78 is 7.26. The first kappa shape index (κ1) is 15.1. The van der Waals surface area contributed by atoms with Gasteiger partial charge in [-0.15, -0.1) is 11.3 Å². The molecule has 0 amide bonds. The summed E-state index contributed by atoms with van der Waals surface area (Å²) in [6.45, 7) is 3.97. The minimum absolute atomic E-state index is 0.384. The zero-order valence-electron chi connectivity index (χ0n) is 14.2. The van der Waals surface area contributed by atoms with Gasteiger partial charge in [-0.3, -0.25) is 10.1 Å². The average Bonchev–Trinajstić information content (AvgIpc) is 3.33. The second-order valence-electron chi connectivity index (χ2n) is 6.24. The van der Waals surface area contributed by atoms with Crippen LogP contribution in [0.2, 0.25) is 0 Å². The van der Waals surface area contributed by atoms with E-state index in [1.54, 1.807) is 23.7 Å². The molecule has 0 saturated heterocycles. The van der Waals surface area contributed by atoms with Crippen LogP contribution < -0.4 is 5.73 Å². The number of aryl methyl sites for hydroxylation is 2. The molecule has 128 valence electrons. The van der Waals surface area contributed by atoms with E-state index in [9.17, 15) is 0 Å². The van der Waals surface area contributed by atoms with Gasteiger partial charge in [0.2, 0.25) is 0 Å². The van der Waals surface area contributed by atoms with Crippen molar-refractivity contribution in [2.24, 2.45) is 0 Å². The van der Waals surface area contributed by atoms with Crippen molar-refractivity contribution < 1.29 is 4.42 Å². The van der Waals surface area contributed by atoms with Gasteiger partial charge in [-0.25, -0.2) is 4.98 Å². The number of furan rings is 1. The molecule has 5 heterocycles. The summed E-state index contributed by atoms with van der Waals surface area (Å²) in [7, 11) is 0. The van der Waals surface area contributed by atoms with Gasteiger partial charge in [0.25, 0.3) is 0 Å². The van der Waals surface area contributed by atoms with Crippen molar-refractivity contribution >= 4 is 38.2 Å². The van der Waals surface area contributed by atoms with Crippen molar-refractivity contribution in [3.63, 3.8) is 0 Å². The van der Waals surface area contributed by atoms with Gasteiger partial charge >= 0.3 is 0 Å². The summed E-state index contributed by atoms with van der Waals surface area (Å²) in [6, 6.07) is 4.04. The minimum Gasteiger partial charge on any atom is -0.452 e.